The molecule has 0 aromatic heterocycles. The van der Waals surface area contributed by atoms with Gasteiger partial charge in [-0.1, -0.05) is 15.9 Å². The number of rotatable bonds is 5. The summed E-state index contributed by atoms with van der Waals surface area (Å²) in [5.74, 6) is 0.412. The molecule has 0 saturated carbocycles. The molecule has 5 nitrogen and oxygen atoms in total. The second-order valence-electron chi connectivity index (χ2n) is 4.32. The number of hydrogen-bond donors (Lipinski definition) is 2. The number of benzene rings is 1. The van der Waals surface area contributed by atoms with E-state index in [2.05, 4.69) is 15.9 Å². The molecular formula is C13H15BrO5. The van der Waals surface area contributed by atoms with Crippen LogP contribution < -0.4 is 9.47 Å². The van der Waals surface area contributed by atoms with E-state index < -0.39 is 12.1 Å². The smallest absolute Gasteiger partial charge is 0.303 e. The Balaban J connectivity index is 2.08. The summed E-state index contributed by atoms with van der Waals surface area (Å²) in [5.41, 5.74) is 0.689. The van der Waals surface area contributed by atoms with Crippen LogP contribution in [0.4, 0.5) is 0 Å². The SMILES string of the molecule is O=C(O)CCC[C@H](O)c1cc2c(cc1Br)OCCO2. The summed E-state index contributed by atoms with van der Waals surface area (Å²) in [6.07, 6.45) is 0.158. The third-order valence-corrected chi connectivity index (χ3v) is 3.58. The number of carbonyl (C=O) groups is 1. The van der Waals surface area contributed by atoms with Gasteiger partial charge in [-0.25, -0.2) is 0 Å². The van der Waals surface area contributed by atoms with Crippen molar-refractivity contribution < 1.29 is 24.5 Å². The molecule has 2 rings (SSSR count). The zero-order valence-electron chi connectivity index (χ0n) is 10.3. The zero-order valence-corrected chi connectivity index (χ0v) is 11.9. The number of aliphatic hydroxyl groups is 1. The van der Waals surface area contributed by atoms with Gasteiger partial charge >= 0.3 is 5.97 Å². The molecule has 0 saturated heterocycles. The lowest BCUT2D eigenvalue weighted by atomic mass is 10.0. The summed E-state index contributed by atoms with van der Waals surface area (Å²) >= 11 is 3.38. The Labute approximate surface area is 119 Å². The Bertz CT molecular complexity index is 474. The first-order valence-corrected chi connectivity index (χ1v) is 6.86. The minimum atomic E-state index is -0.853. The van der Waals surface area contributed by atoms with Crippen molar-refractivity contribution in [1.82, 2.24) is 0 Å². The molecule has 1 aromatic carbocycles. The molecule has 1 heterocycles. The highest BCUT2D eigenvalue weighted by atomic mass is 79.9. The molecule has 19 heavy (non-hydrogen) atoms. The first kappa shape index (κ1) is 14.1. The summed E-state index contributed by atoms with van der Waals surface area (Å²) in [7, 11) is 0. The molecule has 1 aromatic rings. The highest BCUT2D eigenvalue weighted by Gasteiger charge is 2.19. The molecule has 0 radical (unpaired) electrons. The molecule has 2 N–H and O–H groups in total. The second-order valence-corrected chi connectivity index (χ2v) is 5.17. The van der Waals surface area contributed by atoms with Crippen LogP contribution in [0.3, 0.4) is 0 Å². The van der Waals surface area contributed by atoms with Gasteiger partial charge in [0.25, 0.3) is 0 Å². The van der Waals surface area contributed by atoms with Crippen molar-refractivity contribution >= 4 is 21.9 Å². The van der Waals surface area contributed by atoms with E-state index in [-0.39, 0.29) is 6.42 Å². The number of halogens is 1. The Kier molecular flexibility index (Phi) is 4.66. The Hall–Kier alpha value is -1.27. The van der Waals surface area contributed by atoms with Gasteiger partial charge in [0.15, 0.2) is 11.5 Å². The Morgan fingerprint density at radius 3 is 2.58 bits per heavy atom. The van der Waals surface area contributed by atoms with E-state index in [0.717, 1.165) is 4.47 Å². The number of aliphatic carboxylic acids is 1. The van der Waals surface area contributed by atoms with Gasteiger partial charge in [-0.3, -0.25) is 4.79 Å². The topological polar surface area (TPSA) is 76.0 Å². The molecule has 0 unspecified atom stereocenters. The van der Waals surface area contributed by atoms with Gasteiger partial charge < -0.3 is 19.7 Å². The second kappa shape index (κ2) is 6.25. The standard InChI is InChI=1S/C13H15BrO5/c14-9-7-12-11(18-4-5-19-12)6-8(9)10(15)2-1-3-13(16)17/h6-7,10,15H,1-5H2,(H,16,17)/t10-/m0/s1. The lowest BCUT2D eigenvalue weighted by Crippen LogP contribution is -2.16. The average Bonchev–Trinajstić information content (AvgIpc) is 2.37. The summed E-state index contributed by atoms with van der Waals surface area (Å²) in [4.78, 5) is 10.4. The Morgan fingerprint density at radius 2 is 1.95 bits per heavy atom. The average molecular weight is 331 g/mol. The van der Waals surface area contributed by atoms with Gasteiger partial charge in [0, 0.05) is 10.9 Å². The monoisotopic (exact) mass is 330 g/mol. The van der Waals surface area contributed by atoms with Crippen LogP contribution in [0, 0.1) is 0 Å². The molecular weight excluding hydrogens is 316 g/mol. The van der Waals surface area contributed by atoms with Crippen molar-refractivity contribution in [1.29, 1.82) is 0 Å². The third-order valence-electron chi connectivity index (χ3n) is 2.89. The molecule has 1 aliphatic heterocycles. The number of fused-ring (bicyclic) bond motifs is 1. The first-order chi connectivity index (χ1) is 9.08. The maximum atomic E-state index is 10.4. The molecule has 0 fully saturated rings. The highest BCUT2D eigenvalue weighted by Crippen LogP contribution is 2.38. The zero-order chi connectivity index (χ0) is 13.8. The van der Waals surface area contributed by atoms with Crippen molar-refractivity contribution in [2.45, 2.75) is 25.4 Å². The molecule has 0 spiro atoms. The maximum absolute atomic E-state index is 10.4. The van der Waals surface area contributed by atoms with E-state index in [4.69, 9.17) is 14.6 Å². The molecule has 0 bridgehead atoms. The summed E-state index contributed by atoms with van der Waals surface area (Å²) in [6, 6.07) is 3.51. The van der Waals surface area contributed by atoms with Crippen LogP contribution in [0.2, 0.25) is 0 Å². The number of hydrogen-bond acceptors (Lipinski definition) is 4. The van der Waals surface area contributed by atoms with Crippen LogP contribution in [0.15, 0.2) is 16.6 Å². The number of ether oxygens (including phenoxy) is 2. The highest BCUT2D eigenvalue weighted by molar-refractivity contribution is 9.10. The normalized spacial score (nSPS) is 15.1. The quantitative estimate of drug-likeness (QED) is 0.867. The van der Waals surface area contributed by atoms with Crippen LogP contribution in [-0.2, 0) is 4.79 Å². The van der Waals surface area contributed by atoms with E-state index in [1.165, 1.54) is 0 Å². The van der Waals surface area contributed by atoms with Crippen molar-refractivity contribution in [3.63, 3.8) is 0 Å². The summed E-state index contributed by atoms with van der Waals surface area (Å²) in [5, 5.41) is 18.7. The number of carboxylic acid groups (broad SMARTS) is 1. The van der Waals surface area contributed by atoms with Gasteiger partial charge in [0.05, 0.1) is 6.10 Å². The van der Waals surface area contributed by atoms with Crippen LogP contribution in [0.5, 0.6) is 11.5 Å². The number of carboxylic acids is 1. The largest absolute Gasteiger partial charge is 0.486 e. The van der Waals surface area contributed by atoms with Gasteiger partial charge in [0.1, 0.15) is 13.2 Å². The lowest BCUT2D eigenvalue weighted by Gasteiger charge is -2.21. The third kappa shape index (κ3) is 3.61. The van der Waals surface area contributed by atoms with E-state index in [9.17, 15) is 9.90 Å². The van der Waals surface area contributed by atoms with Crippen molar-refractivity contribution in [3.05, 3.63) is 22.2 Å². The minimum Gasteiger partial charge on any atom is -0.486 e. The molecule has 0 aliphatic carbocycles. The van der Waals surface area contributed by atoms with Crippen LogP contribution in [-0.4, -0.2) is 29.4 Å². The molecule has 0 amide bonds. The van der Waals surface area contributed by atoms with Crippen molar-refractivity contribution in [3.8, 4) is 11.5 Å². The molecule has 1 aliphatic rings. The van der Waals surface area contributed by atoms with E-state index >= 15 is 0 Å². The van der Waals surface area contributed by atoms with E-state index in [1.54, 1.807) is 12.1 Å². The van der Waals surface area contributed by atoms with Crippen LogP contribution in [0.1, 0.15) is 30.9 Å². The fourth-order valence-corrected chi connectivity index (χ4v) is 2.52. The van der Waals surface area contributed by atoms with Crippen LogP contribution >= 0.6 is 15.9 Å². The summed E-state index contributed by atoms with van der Waals surface area (Å²) in [6.45, 7) is 1.00. The van der Waals surface area contributed by atoms with Crippen LogP contribution in [0.25, 0.3) is 0 Å². The van der Waals surface area contributed by atoms with E-state index in [0.29, 0.717) is 43.1 Å². The summed E-state index contributed by atoms with van der Waals surface area (Å²) < 4.78 is 11.6. The Morgan fingerprint density at radius 1 is 1.32 bits per heavy atom. The van der Waals surface area contributed by atoms with Gasteiger partial charge in [-0.15, -0.1) is 0 Å². The van der Waals surface area contributed by atoms with E-state index in [1.807, 2.05) is 0 Å². The van der Waals surface area contributed by atoms with Gasteiger partial charge in [0.2, 0.25) is 0 Å². The van der Waals surface area contributed by atoms with Crippen molar-refractivity contribution in [2.75, 3.05) is 13.2 Å². The predicted molar refractivity (Wildman–Crippen MR) is 71.6 cm³/mol. The maximum Gasteiger partial charge on any atom is 0.303 e. The number of aliphatic hydroxyl groups excluding tert-OH is 1. The fraction of sp³-hybridized carbons (Fsp3) is 0.462. The molecule has 1 atom stereocenters. The predicted octanol–water partition coefficient (Wildman–Crippen LogP) is 2.51. The first-order valence-electron chi connectivity index (χ1n) is 6.07. The fourth-order valence-electron chi connectivity index (χ4n) is 1.94. The van der Waals surface area contributed by atoms with Crippen molar-refractivity contribution in [2.24, 2.45) is 0 Å². The molecule has 6 heteroatoms. The lowest BCUT2D eigenvalue weighted by molar-refractivity contribution is -0.137. The van der Waals surface area contributed by atoms with Gasteiger partial charge in [-0.2, -0.15) is 0 Å². The minimum absolute atomic E-state index is 0.0548. The van der Waals surface area contributed by atoms with Gasteiger partial charge in [-0.05, 0) is 30.5 Å². The molecule has 104 valence electrons.